The number of amides is 1. The molecule has 8 nitrogen and oxygen atoms in total. The summed E-state index contributed by atoms with van der Waals surface area (Å²) in [5, 5.41) is 12.7. The predicted octanol–water partition coefficient (Wildman–Crippen LogP) is 2.80. The number of halogens is 1. The van der Waals surface area contributed by atoms with E-state index in [1.165, 1.54) is 4.68 Å². The number of furan rings is 1. The topological polar surface area (TPSA) is 95.0 Å². The number of hydrogen-bond acceptors (Lipinski definition) is 5. The lowest BCUT2D eigenvalue weighted by Gasteiger charge is -2.07. The summed E-state index contributed by atoms with van der Waals surface area (Å²) in [6, 6.07) is 10.8. The number of carbonyl (C=O) groups excluding carboxylic acids is 1. The van der Waals surface area contributed by atoms with E-state index in [2.05, 4.69) is 15.5 Å². The van der Waals surface area contributed by atoms with Crippen molar-refractivity contribution in [3.05, 3.63) is 75.2 Å². The molecule has 0 aliphatic rings. The van der Waals surface area contributed by atoms with Crippen LogP contribution in [0.3, 0.4) is 0 Å². The predicted molar refractivity (Wildman–Crippen MR) is 113 cm³/mol. The molecule has 4 rings (SSSR count). The lowest BCUT2D eigenvalue weighted by molar-refractivity contribution is -0.121. The Bertz CT molecular complexity index is 1260. The fourth-order valence-electron chi connectivity index (χ4n) is 3.33. The average molecular weight is 426 g/mol. The van der Waals surface area contributed by atoms with Gasteiger partial charge in [0.15, 0.2) is 0 Å². The van der Waals surface area contributed by atoms with Crippen molar-refractivity contribution in [2.24, 2.45) is 0 Å². The van der Waals surface area contributed by atoms with Gasteiger partial charge in [-0.2, -0.15) is 10.2 Å². The van der Waals surface area contributed by atoms with Crippen LogP contribution >= 0.6 is 11.6 Å². The molecule has 154 valence electrons. The Morgan fingerprint density at radius 2 is 1.93 bits per heavy atom. The summed E-state index contributed by atoms with van der Waals surface area (Å²) in [4.78, 5) is 25.3. The summed E-state index contributed by atoms with van der Waals surface area (Å²) in [5.74, 6) is 0.491. The first-order chi connectivity index (χ1) is 14.4. The molecule has 0 unspecified atom stereocenters. The van der Waals surface area contributed by atoms with Gasteiger partial charge in [-0.15, -0.1) is 0 Å². The lowest BCUT2D eigenvalue weighted by Crippen LogP contribution is -2.35. The summed E-state index contributed by atoms with van der Waals surface area (Å²) in [5.41, 5.74) is 2.20. The lowest BCUT2D eigenvalue weighted by atomic mass is 10.2. The van der Waals surface area contributed by atoms with Crippen LogP contribution in [0.2, 0.25) is 5.02 Å². The van der Waals surface area contributed by atoms with Crippen molar-refractivity contribution in [2.45, 2.75) is 26.8 Å². The Balaban J connectivity index is 1.59. The third kappa shape index (κ3) is 3.86. The van der Waals surface area contributed by atoms with Gasteiger partial charge >= 0.3 is 0 Å². The molecule has 9 heteroatoms. The van der Waals surface area contributed by atoms with E-state index in [4.69, 9.17) is 16.0 Å². The van der Waals surface area contributed by atoms with Crippen LogP contribution in [0.5, 0.6) is 0 Å². The molecule has 0 radical (unpaired) electrons. The zero-order valence-corrected chi connectivity index (χ0v) is 17.3. The molecule has 0 atom stereocenters. The van der Waals surface area contributed by atoms with Crippen LogP contribution in [-0.4, -0.2) is 32.0 Å². The van der Waals surface area contributed by atoms with E-state index in [1.54, 1.807) is 36.1 Å². The number of nitrogens with zero attached hydrogens (tertiary/aromatic N) is 4. The fourth-order valence-corrected chi connectivity index (χ4v) is 3.45. The zero-order valence-electron chi connectivity index (χ0n) is 16.6. The van der Waals surface area contributed by atoms with Gasteiger partial charge in [0.2, 0.25) is 5.91 Å². The Labute approximate surface area is 177 Å². The molecule has 4 aromatic rings. The molecule has 0 saturated carbocycles. The van der Waals surface area contributed by atoms with E-state index in [1.807, 2.05) is 25.1 Å². The molecule has 1 N–H and O–H groups in total. The first-order valence-corrected chi connectivity index (χ1v) is 9.84. The highest BCUT2D eigenvalue weighted by molar-refractivity contribution is 6.30. The van der Waals surface area contributed by atoms with E-state index in [9.17, 15) is 9.59 Å². The number of aryl methyl sites for hydroxylation is 2. The van der Waals surface area contributed by atoms with Gasteiger partial charge in [0, 0.05) is 18.0 Å². The molecular formula is C21H20ClN5O3. The highest BCUT2D eigenvalue weighted by atomic mass is 35.5. The van der Waals surface area contributed by atoms with Crippen LogP contribution in [0, 0.1) is 13.8 Å². The fraction of sp³-hybridized carbons (Fsp3) is 0.238. The third-order valence-corrected chi connectivity index (χ3v) is 5.07. The Kier molecular flexibility index (Phi) is 5.41. The van der Waals surface area contributed by atoms with Gasteiger partial charge in [0.05, 0.1) is 28.7 Å². The molecule has 0 saturated heterocycles. The van der Waals surface area contributed by atoms with Crippen LogP contribution < -0.4 is 10.9 Å². The van der Waals surface area contributed by atoms with Gasteiger partial charge < -0.3 is 9.73 Å². The third-order valence-electron chi connectivity index (χ3n) is 4.82. The minimum Gasteiger partial charge on any atom is -0.469 e. The van der Waals surface area contributed by atoms with Crippen molar-refractivity contribution < 1.29 is 9.21 Å². The van der Waals surface area contributed by atoms with E-state index < -0.39 is 0 Å². The Morgan fingerprint density at radius 3 is 2.63 bits per heavy atom. The summed E-state index contributed by atoms with van der Waals surface area (Å²) in [6.07, 6.45) is 2.16. The first-order valence-electron chi connectivity index (χ1n) is 9.46. The van der Waals surface area contributed by atoms with Crippen LogP contribution in [-0.2, 0) is 17.8 Å². The quantitative estimate of drug-likeness (QED) is 0.512. The minimum absolute atomic E-state index is 0.167. The largest absolute Gasteiger partial charge is 0.469 e. The highest BCUT2D eigenvalue weighted by Crippen LogP contribution is 2.21. The maximum absolute atomic E-state index is 13.0. The van der Waals surface area contributed by atoms with Gasteiger partial charge in [-0.3, -0.25) is 9.59 Å². The van der Waals surface area contributed by atoms with E-state index in [0.29, 0.717) is 40.3 Å². The first kappa shape index (κ1) is 19.9. The molecule has 30 heavy (non-hydrogen) atoms. The highest BCUT2D eigenvalue weighted by Gasteiger charge is 2.18. The van der Waals surface area contributed by atoms with Crippen LogP contribution in [0.25, 0.3) is 16.6 Å². The SMILES string of the molecule is Cc1nn(CC(=O)NCCc2ccco2)c(=O)c2c(C)n(-c3ccc(Cl)cc3)nc12. The second-order valence-corrected chi connectivity index (χ2v) is 7.36. The van der Waals surface area contributed by atoms with Gasteiger partial charge in [0.25, 0.3) is 5.56 Å². The van der Waals surface area contributed by atoms with Crippen molar-refractivity contribution >= 4 is 28.4 Å². The van der Waals surface area contributed by atoms with Gasteiger partial charge in [-0.1, -0.05) is 11.6 Å². The van der Waals surface area contributed by atoms with Gasteiger partial charge in [-0.25, -0.2) is 9.36 Å². The number of benzene rings is 1. The van der Waals surface area contributed by atoms with Crippen LogP contribution in [0.1, 0.15) is 17.1 Å². The summed E-state index contributed by atoms with van der Waals surface area (Å²) < 4.78 is 8.11. The smallest absolute Gasteiger partial charge is 0.278 e. The second kappa shape index (κ2) is 8.16. The second-order valence-electron chi connectivity index (χ2n) is 6.92. The van der Waals surface area contributed by atoms with E-state index in [-0.39, 0.29) is 18.0 Å². The Hall–Kier alpha value is -3.39. The Morgan fingerprint density at radius 1 is 1.17 bits per heavy atom. The van der Waals surface area contributed by atoms with Crippen molar-refractivity contribution in [1.82, 2.24) is 24.9 Å². The summed E-state index contributed by atoms with van der Waals surface area (Å²) in [6.45, 7) is 3.83. The van der Waals surface area contributed by atoms with Crippen LogP contribution in [0.4, 0.5) is 0 Å². The van der Waals surface area contributed by atoms with Gasteiger partial charge in [0.1, 0.15) is 17.8 Å². The summed E-state index contributed by atoms with van der Waals surface area (Å²) in [7, 11) is 0. The van der Waals surface area contributed by atoms with Crippen molar-refractivity contribution in [1.29, 1.82) is 0 Å². The zero-order chi connectivity index (χ0) is 21.3. The van der Waals surface area contributed by atoms with E-state index in [0.717, 1.165) is 11.4 Å². The number of nitrogens with one attached hydrogen (secondary N) is 1. The van der Waals surface area contributed by atoms with Crippen molar-refractivity contribution in [2.75, 3.05) is 6.54 Å². The van der Waals surface area contributed by atoms with Crippen molar-refractivity contribution in [3.8, 4) is 5.69 Å². The van der Waals surface area contributed by atoms with E-state index >= 15 is 0 Å². The monoisotopic (exact) mass is 425 g/mol. The molecule has 3 aromatic heterocycles. The summed E-state index contributed by atoms with van der Waals surface area (Å²) >= 11 is 5.97. The van der Waals surface area contributed by atoms with Crippen LogP contribution in [0.15, 0.2) is 51.9 Å². The van der Waals surface area contributed by atoms with Crippen molar-refractivity contribution in [3.63, 3.8) is 0 Å². The standard InChI is InChI=1S/C21H20ClN5O3/c1-13-20-19(14(2)27(25-20)16-7-5-15(22)6-8-16)21(29)26(24-13)12-18(28)23-10-9-17-4-3-11-30-17/h3-8,11H,9-10,12H2,1-2H3,(H,23,28). The average Bonchev–Trinajstić information content (AvgIpc) is 3.35. The molecule has 0 bridgehead atoms. The molecule has 0 aliphatic heterocycles. The molecule has 0 aliphatic carbocycles. The minimum atomic E-state index is -0.352. The van der Waals surface area contributed by atoms with Gasteiger partial charge in [-0.05, 0) is 50.2 Å². The maximum atomic E-state index is 13.0. The molecule has 0 spiro atoms. The molecular weight excluding hydrogens is 406 g/mol. The molecule has 0 fully saturated rings. The molecule has 1 aromatic carbocycles. The normalized spacial score (nSPS) is 11.2. The number of rotatable bonds is 6. The number of fused-ring (bicyclic) bond motifs is 1. The number of hydrogen-bond donors (Lipinski definition) is 1. The number of carbonyl (C=O) groups is 1. The molecule has 3 heterocycles. The number of aromatic nitrogens is 4. The maximum Gasteiger partial charge on any atom is 0.278 e. The molecule has 1 amide bonds.